The number of para-hydroxylation sites is 1. The third-order valence-corrected chi connectivity index (χ3v) is 5.03. The van der Waals surface area contributed by atoms with Crippen molar-refractivity contribution in [1.82, 2.24) is 5.32 Å². The van der Waals surface area contributed by atoms with E-state index in [1.54, 1.807) is 0 Å². The second kappa shape index (κ2) is 7.90. The van der Waals surface area contributed by atoms with E-state index in [2.05, 4.69) is 10.6 Å². The SMILES string of the molecule is COc1c(F)ccc([C@H]2CNC(=O)[C@@H]2C(=O)Nc2ccccc2C(F)(F)F)c1Cl. The van der Waals surface area contributed by atoms with Crippen LogP contribution in [0.4, 0.5) is 23.2 Å². The van der Waals surface area contributed by atoms with E-state index in [0.29, 0.717) is 0 Å². The van der Waals surface area contributed by atoms with Crippen LogP contribution in [0.25, 0.3) is 0 Å². The lowest BCUT2D eigenvalue weighted by atomic mass is 9.87. The molecule has 10 heteroatoms. The van der Waals surface area contributed by atoms with Gasteiger partial charge in [0.05, 0.1) is 23.4 Å². The normalized spacial score (nSPS) is 19.0. The number of rotatable bonds is 4. The second-order valence-corrected chi connectivity index (χ2v) is 6.72. The van der Waals surface area contributed by atoms with Crippen LogP contribution in [0.3, 0.4) is 0 Å². The van der Waals surface area contributed by atoms with Gasteiger partial charge in [-0.15, -0.1) is 0 Å². The summed E-state index contributed by atoms with van der Waals surface area (Å²) in [6.45, 7) is 0.00629. The maximum atomic E-state index is 13.8. The molecule has 1 fully saturated rings. The Labute approximate surface area is 168 Å². The third kappa shape index (κ3) is 4.00. The summed E-state index contributed by atoms with van der Waals surface area (Å²) in [5.41, 5.74) is -1.23. The van der Waals surface area contributed by atoms with Crippen molar-refractivity contribution >= 4 is 29.1 Å². The van der Waals surface area contributed by atoms with Crippen LogP contribution < -0.4 is 15.4 Å². The van der Waals surface area contributed by atoms with Crippen LogP contribution in [0, 0.1) is 11.7 Å². The molecule has 29 heavy (non-hydrogen) atoms. The largest absolute Gasteiger partial charge is 0.492 e. The lowest BCUT2D eigenvalue weighted by Crippen LogP contribution is -2.32. The molecule has 0 aliphatic carbocycles. The van der Waals surface area contributed by atoms with Crippen molar-refractivity contribution in [3.8, 4) is 5.75 Å². The second-order valence-electron chi connectivity index (χ2n) is 6.35. The van der Waals surface area contributed by atoms with Crippen LogP contribution >= 0.6 is 11.6 Å². The smallest absolute Gasteiger partial charge is 0.418 e. The van der Waals surface area contributed by atoms with Gasteiger partial charge in [-0.3, -0.25) is 9.59 Å². The molecule has 154 valence electrons. The standard InChI is InChI=1S/C19H15ClF4N2O3/c1-29-16-12(21)7-6-9(15(16)20)10-8-25-17(27)14(10)18(28)26-13-5-3-2-4-11(13)19(22,23)24/h2-7,10,14H,8H2,1H3,(H,25,27)(H,26,28)/t10-,14-/m1/s1. The van der Waals surface area contributed by atoms with Gasteiger partial charge in [0.2, 0.25) is 11.8 Å². The molecule has 2 aromatic carbocycles. The fourth-order valence-electron chi connectivity index (χ4n) is 3.28. The number of nitrogens with one attached hydrogen (secondary N) is 2. The molecule has 5 nitrogen and oxygen atoms in total. The van der Waals surface area contributed by atoms with Crippen LogP contribution in [0.2, 0.25) is 5.02 Å². The molecule has 3 rings (SSSR count). The summed E-state index contributed by atoms with van der Waals surface area (Å²) in [5.74, 6) is -4.74. The van der Waals surface area contributed by atoms with Crippen molar-refractivity contribution < 1.29 is 31.9 Å². The summed E-state index contributed by atoms with van der Waals surface area (Å²) < 4.78 is 58.2. The Morgan fingerprint density at radius 1 is 1.24 bits per heavy atom. The number of amides is 2. The Balaban J connectivity index is 1.94. The fraction of sp³-hybridized carbons (Fsp3) is 0.263. The van der Waals surface area contributed by atoms with Gasteiger partial charge in [-0.05, 0) is 23.8 Å². The van der Waals surface area contributed by atoms with Crippen LogP contribution in [-0.2, 0) is 15.8 Å². The first-order chi connectivity index (χ1) is 13.6. The molecule has 0 aromatic heterocycles. The van der Waals surface area contributed by atoms with E-state index < -0.39 is 46.9 Å². The number of benzene rings is 2. The highest BCUT2D eigenvalue weighted by molar-refractivity contribution is 6.33. The Hall–Kier alpha value is -2.81. The van der Waals surface area contributed by atoms with Gasteiger partial charge in [-0.2, -0.15) is 13.2 Å². The first-order valence-corrected chi connectivity index (χ1v) is 8.79. The van der Waals surface area contributed by atoms with Gasteiger partial charge in [0, 0.05) is 12.5 Å². The van der Waals surface area contributed by atoms with E-state index in [4.69, 9.17) is 16.3 Å². The zero-order valence-electron chi connectivity index (χ0n) is 14.9. The van der Waals surface area contributed by atoms with E-state index in [1.807, 2.05) is 0 Å². The summed E-state index contributed by atoms with van der Waals surface area (Å²) in [5, 5.41) is 4.57. The van der Waals surface area contributed by atoms with E-state index in [9.17, 15) is 27.2 Å². The van der Waals surface area contributed by atoms with Crippen molar-refractivity contribution in [3.63, 3.8) is 0 Å². The van der Waals surface area contributed by atoms with Gasteiger partial charge in [-0.25, -0.2) is 4.39 Å². The van der Waals surface area contributed by atoms with E-state index in [-0.39, 0.29) is 22.9 Å². The minimum absolute atomic E-state index is 0.00629. The highest BCUT2D eigenvalue weighted by atomic mass is 35.5. The van der Waals surface area contributed by atoms with Crippen LogP contribution in [0.1, 0.15) is 17.0 Å². The lowest BCUT2D eigenvalue weighted by Gasteiger charge is -2.20. The zero-order valence-corrected chi connectivity index (χ0v) is 15.7. The topological polar surface area (TPSA) is 67.4 Å². The Bertz CT molecular complexity index is 965. The number of hydrogen-bond donors (Lipinski definition) is 2. The minimum Gasteiger partial charge on any atom is -0.492 e. The number of carbonyl (C=O) groups excluding carboxylic acids is 2. The van der Waals surface area contributed by atoms with Gasteiger partial charge in [0.25, 0.3) is 0 Å². The van der Waals surface area contributed by atoms with Gasteiger partial charge < -0.3 is 15.4 Å². The van der Waals surface area contributed by atoms with Crippen molar-refractivity contribution in [2.45, 2.75) is 12.1 Å². The van der Waals surface area contributed by atoms with Gasteiger partial charge >= 0.3 is 6.18 Å². The van der Waals surface area contributed by atoms with Crippen LogP contribution in [-0.4, -0.2) is 25.5 Å². The van der Waals surface area contributed by atoms with E-state index in [1.165, 1.54) is 25.3 Å². The van der Waals surface area contributed by atoms with E-state index >= 15 is 0 Å². The summed E-state index contributed by atoms with van der Waals surface area (Å²) in [6.07, 6.45) is -4.69. The molecule has 0 radical (unpaired) electrons. The maximum Gasteiger partial charge on any atom is 0.418 e. The Kier molecular flexibility index (Phi) is 5.70. The average Bonchev–Trinajstić information content (AvgIpc) is 3.03. The predicted molar refractivity (Wildman–Crippen MR) is 97.3 cm³/mol. The number of carbonyl (C=O) groups is 2. The number of anilines is 1. The third-order valence-electron chi connectivity index (χ3n) is 4.64. The number of hydrogen-bond acceptors (Lipinski definition) is 3. The monoisotopic (exact) mass is 430 g/mol. The summed E-state index contributed by atoms with van der Waals surface area (Å²) in [7, 11) is 1.21. The molecule has 0 unspecified atom stereocenters. The molecule has 0 saturated carbocycles. The van der Waals surface area contributed by atoms with Crippen LogP contribution in [0.5, 0.6) is 5.75 Å². The molecule has 2 atom stereocenters. The van der Waals surface area contributed by atoms with Gasteiger partial charge in [-0.1, -0.05) is 29.8 Å². The molecule has 2 amide bonds. The molecular weight excluding hydrogens is 416 g/mol. The summed E-state index contributed by atoms with van der Waals surface area (Å²) in [6, 6.07) is 6.83. The highest BCUT2D eigenvalue weighted by Crippen LogP contribution is 2.40. The predicted octanol–water partition coefficient (Wildman–Crippen LogP) is 3.97. The molecule has 0 bridgehead atoms. The zero-order chi connectivity index (χ0) is 21.3. The minimum atomic E-state index is -4.69. The molecule has 1 heterocycles. The number of ether oxygens (including phenoxy) is 1. The molecule has 0 spiro atoms. The quantitative estimate of drug-likeness (QED) is 0.569. The number of halogens is 5. The maximum absolute atomic E-state index is 13.8. The van der Waals surface area contributed by atoms with E-state index in [0.717, 1.165) is 18.2 Å². The molecule has 2 N–H and O–H groups in total. The number of methoxy groups -OCH3 is 1. The van der Waals surface area contributed by atoms with Crippen molar-refractivity contribution in [3.05, 3.63) is 58.4 Å². The average molecular weight is 431 g/mol. The molecular formula is C19H15ClF4N2O3. The Morgan fingerprint density at radius 2 is 1.93 bits per heavy atom. The lowest BCUT2D eigenvalue weighted by molar-refractivity contribution is -0.137. The van der Waals surface area contributed by atoms with Crippen molar-refractivity contribution in [1.29, 1.82) is 0 Å². The first kappa shape index (κ1) is 20.9. The Morgan fingerprint density at radius 3 is 2.59 bits per heavy atom. The van der Waals surface area contributed by atoms with Gasteiger partial charge in [0.1, 0.15) is 5.92 Å². The number of alkyl halides is 3. The molecule has 1 aliphatic heterocycles. The molecule has 1 saturated heterocycles. The molecule has 1 aliphatic rings. The van der Waals surface area contributed by atoms with Crippen molar-refractivity contribution in [2.75, 3.05) is 19.0 Å². The van der Waals surface area contributed by atoms with Crippen LogP contribution in [0.15, 0.2) is 36.4 Å². The van der Waals surface area contributed by atoms with Gasteiger partial charge in [0.15, 0.2) is 11.6 Å². The summed E-state index contributed by atoms with van der Waals surface area (Å²) >= 11 is 6.17. The van der Waals surface area contributed by atoms with Crippen molar-refractivity contribution in [2.24, 2.45) is 5.92 Å². The highest BCUT2D eigenvalue weighted by Gasteiger charge is 2.43. The first-order valence-electron chi connectivity index (χ1n) is 8.41. The fourth-order valence-corrected chi connectivity index (χ4v) is 3.65. The molecule has 2 aromatic rings. The summed E-state index contributed by atoms with van der Waals surface area (Å²) in [4.78, 5) is 25.0.